The second-order valence-corrected chi connectivity index (χ2v) is 5.60. The maximum atomic E-state index is 6.20. The van der Waals surface area contributed by atoms with Crippen LogP contribution >= 0.6 is 34.5 Å². The van der Waals surface area contributed by atoms with Crippen molar-refractivity contribution < 1.29 is 0 Å². The summed E-state index contributed by atoms with van der Waals surface area (Å²) < 4.78 is 0. The average molecular weight is 286 g/mol. The molecule has 1 aromatic heterocycles. The smallest absolute Gasteiger partial charge is 0.0678 e. The molecule has 0 unspecified atom stereocenters. The van der Waals surface area contributed by atoms with Gasteiger partial charge in [0.05, 0.1) is 10.0 Å². The van der Waals surface area contributed by atoms with Gasteiger partial charge in [-0.1, -0.05) is 42.3 Å². The molecule has 1 nitrogen and oxygen atoms in total. The molecule has 0 saturated carbocycles. The summed E-state index contributed by atoms with van der Waals surface area (Å²) in [5, 5.41) is 4.54. The van der Waals surface area contributed by atoms with Crippen LogP contribution in [0.5, 0.6) is 0 Å². The Morgan fingerprint density at radius 3 is 2.76 bits per heavy atom. The molecule has 0 fully saturated rings. The van der Waals surface area contributed by atoms with Crippen molar-refractivity contribution in [3.63, 3.8) is 0 Å². The predicted octanol–water partition coefficient (Wildman–Crippen LogP) is 4.83. The van der Waals surface area contributed by atoms with Gasteiger partial charge in [-0.3, -0.25) is 0 Å². The Kier molecular flexibility index (Phi) is 4.46. The molecule has 0 aliphatic rings. The van der Waals surface area contributed by atoms with Crippen molar-refractivity contribution in [2.75, 3.05) is 6.54 Å². The molecule has 1 N–H and O–H groups in total. The summed E-state index contributed by atoms with van der Waals surface area (Å²) in [4.78, 5) is 2.46. The highest BCUT2D eigenvalue weighted by atomic mass is 35.5. The second kappa shape index (κ2) is 5.87. The summed E-state index contributed by atoms with van der Waals surface area (Å²) in [6.07, 6.45) is 0. The van der Waals surface area contributed by atoms with Crippen LogP contribution < -0.4 is 5.32 Å². The van der Waals surface area contributed by atoms with Crippen LogP contribution in [0.15, 0.2) is 30.3 Å². The highest BCUT2D eigenvalue weighted by Crippen LogP contribution is 2.36. The second-order valence-electron chi connectivity index (χ2n) is 3.65. The highest BCUT2D eigenvalue weighted by molar-refractivity contribution is 7.15. The molecule has 1 aromatic carbocycles. The van der Waals surface area contributed by atoms with Crippen LogP contribution in [-0.2, 0) is 6.54 Å². The first-order valence-corrected chi connectivity index (χ1v) is 7.03. The number of thiophene rings is 1. The number of halogens is 2. The van der Waals surface area contributed by atoms with Crippen LogP contribution in [0.2, 0.25) is 10.0 Å². The monoisotopic (exact) mass is 285 g/mol. The van der Waals surface area contributed by atoms with Crippen LogP contribution in [0.25, 0.3) is 10.4 Å². The summed E-state index contributed by atoms with van der Waals surface area (Å²) in [6, 6.07) is 9.94. The van der Waals surface area contributed by atoms with E-state index in [9.17, 15) is 0 Å². The zero-order valence-electron chi connectivity index (χ0n) is 9.47. The largest absolute Gasteiger partial charge is 0.312 e. The maximum absolute atomic E-state index is 6.20. The third kappa shape index (κ3) is 3.02. The van der Waals surface area contributed by atoms with Crippen molar-refractivity contribution in [3.8, 4) is 10.4 Å². The topological polar surface area (TPSA) is 12.0 Å². The van der Waals surface area contributed by atoms with E-state index in [0.717, 1.165) is 23.5 Å². The highest BCUT2D eigenvalue weighted by Gasteiger charge is 2.08. The normalized spacial score (nSPS) is 10.8. The molecule has 2 rings (SSSR count). The zero-order valence-corrected chi connectivity index (χ0v) is 11.8. The molecule has 90 valence electrons. The number of hydrogen-bond donors (Lipinski definition) is 1. The Morgan fingerprint density at radius 1 is 1.18 bits per heavy atom. The molecule has 2 aromatic rings. The first-order valence-electron chi connectivity index (χ1n) is 5.46. The third-order valence-electron chi connectivity index (χ3n) is 2.43. The molecule has 4 heteroatoms. The lowest BCUT2D eigenvalue weighted by Crippen LogP contribution is -2.10. The lowest BCUT2D eigenvalue weighted by molar-refractivity contribution is 0.735. The van der Waals surface area contributed by atoms with Crippen LogP contribution in [0.1, 0.15) is 11.8 Å². The van der Waals surface area contributed by atoms with E-state index in [1.54, 1.807) is 17.4 Å². The molecule has 0 radical (unpaired) electrons. The van der Waals surface area contributed by atoms with Crippen molar-refractivity contribution in [1.29, 1.82) is 0 Å². The fraction of sp³-hybridized carbons (Fsp3) is 0.231. The van der Waals surface area contributed by atoms with Gasteiger partial charge in [-0.05, 0) is 24.7 Å². The number of benzene rings is 1. The molecule has 0 atom stereocenters. The quantitative estimate of drug-likeness (QED) is 0.848. The zero-order chi connectivity index (χ0) is 12.3. The van der Waals surface area contributed by atoms with E-state index in [1.807, 2.05) is 12.1 Å². The van der Waals surface area contributed by atoms with E-state index in [2.05, 4.69) is 24.4 Å². The number of nitrogens with one attached hydrogen (secondary N) is 1. The van der Waals surface area contributed by atoms with Gasteiger partial charge in [-0.15, -0.1) is 11.3 Å². The van der Waals surface area contributed by atoms with Gasteiger partial charge in [0.1, 0.15) is 0 Å². The van der Waals surface area contributed by atoms with E-state index in [-0.39, 0.29) is 0 Å². The summed E-state index contributed by atoms with van der Waals surface area (Å²) in [5.74, 6) is 0. The standard InChI is InChI=1S/C13H13Cl2NS/c1-2-16-8-9-6-7-12(17-9)10-4-3-5-11(14)13(10)15/h3-7,16H,2,8H2,1H3. The average Bonchev–Trinajstić information content (AvgIpc) is 2.78. The molecule has 0 amide bonds. The predicted molar refractivity (Wildman–Crippen MR) is 77.2 cm³/mol. The molecule has 0 bridgehead atoms. The van der Waals surface area contributed by atoms with E-state index in [4.69, 9.17) is 23.2 Å². The van der Waals surface area contributed by atoms with Gasteiger partial charge in [0.2, 0.25) is 0 Å². The molecular weight excluding hydrogens is 273 g/mol. The minimum atomic E-state index is 0.603. The van der Waals surface area contributed by atoms with E-state index >= 15 is 0 Å². The molecule has 0 aliphatic carbocycles. The van der Waals surface area contributed by atoms with Crippen molar-refractivity contribution in [1.82, 2.24) is 5.32 Å². The number of hydrogen-bond acceptors (Lipinski definition) is 2. The summed E-state index contributed by atoms with van der Waals surface area (Å²) in [6.45, 7) is 3.98. The summed E-state index contributed by atoms with van der Waals surface area (Å²) in [7, 11) is 0. The minimum Gasteiger partial charge on any atom is -0.312 e. The van der Waals surface area contributed by atoms with Gasteiger partial charge in [0.25, 0.3) is 0 Å². The molecule has 0 aliphatic heterocycles. The van der Waals surface area contributed by atoms with E-state index in [1.165, 1.54) is 4.88 Å². The Hall–Kier alpha value is -0.540. The SMILES string of the molecule is CCNCc1ccc(-c2cccc(Cl)c2Cl)s1. The van der Waals surface area contributed by atoms with Gasteiger partial charge >= 0.3 is 0 Å². The van der Waals surface area contributed by atoms with Crippen molar-refractivity contribution in [2.45, 2.75) is 13.5 Å². The third-order valence-corrected chi connectivity index (χ3v) is 4.37. The Labute approximate surface area is 115 Å². The molecule has 0 spiro atoms. The van der Waals surface area contributed by atoms with Gasteiger partial charge in [0, 0.05) is 21.9 Å². The fourth-order valence-corrected chi connectivity index (χ4v) is 3.03. The Bertz CT molecular complexity index is 508. The lowest BCUT2D eigenvalue weighted by Gasteiger charge is -2.02. The summed E-state index contributed by atoms with van der Waals surface area (Å²) in [5.41, 5.74) is 1.01. The lowest BCUT2D eigenvalue weighted by atomic mass is 10.2. The van der Waals surface area contributed by atoms with Crippen molar-refractivity contribution in [2.24, 2.45) is 0 Å². The van der Waals surface area contributed by atoms with E-state index in [0.29, 0.717) is 10.0 Å². The van der Waals surface area contributed by atoms with Crippen LogP contribution in [0, 0.1) is 0 Å². The molecule has 1 heterocycles. The Morgan fingerprint density at radius 2 is 2.00 bits per heavy atom. The van der Waals surface area contributed by atoms with E-state index < -0.39 is 0 Å². The van der Waals surface area contributed by atoms with Crippen LogP contribution in [-0.4, -0.2) is 6.54 Å². The molecule has 17 heavy (non-hydrogen) atoms. The molecule has 0 saturated heterocycles. The van der Waals surface area contributed by atoms with Crippen LogP contribution in [0.4, 0.5) is 0 Å². The number of rotatable bonds is 4. The Balaban J connectivity index is 2.27. The van der Waals surface area contributed by atoms with Crippen molar-refractivity contribution >= 4 is 34.5 Å². The first-order chi connectivity index (χ1) is 8.22. The fourth-order valence-electron chi connectivity index (χ4n) is 1.56. The minimum absolute atomic E-state index is 0.603. The van der Waals surface area contributed by atoms with Gasteiger partial charge in [-0.25, -0.2) is 0 Å². The first kappa shape index (κ1) is 12.9. The molecular formula is C13H13Cl2NS. The van der Waals surface area contributed by atoms with Gasteiger partial charge < -0.3 is 5.32 Å². The summed E-state index contributed by atoms with van der Waals surface area (Å²) >= 11 is 14.0. The van der Waals surface area contributed by atoms with Gasteiger partial charge in [-0.2, -0.15) is 0 Å². The van der Waals surface area contributed by atoms with Crippen molar-refractivity contribution in [3.05, 3.63) is 45.3 Å². The van der Waals surface area contributed by atoms with Crippen LogP contribution in [0.3, 0.4) is 0 Å². The van der Waals surface area contributed by atoms with Gasteiger partial charge in [0.15, 0.2) is 0 Å². The maximum Gasteiger partial charge on any atom is 0.0678 e.